The van der Waals surface area contributed by atoms with Crippen molar-refractivity contribution >= 4 is 11.6 Å². The topological polar surface area (TPSA) is 29.9 Å². The average molecular weight is 290 g/mol. The van der Waals surface area contributed by atoms with Crippen molar-refractivity contribution in [3.63, 3.8) is 0 Å². The third-order valence-electron chi connectivity index (χ3n) is 3.79. The van der Waals surface area contributed by atoms with E-state index in [1.54, 1.807) is 0 Å². The maximum absolute atomic E-state index is 6.41. The molecule has 2 aromatic rings. The van der Waals surface area contributed by atoms with E-state index in [1.165, 1.54) is 18.4 Å². The molecule has 3 nitrogen and oxygen atoms in total. The van der Waals surface area contributed by atoms with Crippen molar-refractivity contribution < 1.29 is 0 Å². The molecule has 106 valence electrons. The van der Waals surface area contributed by atoms with Gasteiger partial charge in [0.1, 0.15) is 0 Å². The Balaban J connectivity index is 1.82. The second-order valence-electron chi connectivity index (χ2n) is 5.45. The Labute approximate surface area is 124 Å². The third kappa shape index (κ3) is 2.89. The summed E-state index contributed by atoms with van der Waals surface area (Å²) in [6, 6.07) is 7.01. The number of nitrogens with zero attached hydrogens (tertiary/aromatic N) is 2. The van der Waals surface area contributed by atoms with Gasteiger partial charge < -0.3 is 5.32 Å². The largest absolute Gasteiger partial charge is 0.310 e. The van der Waals surface area contributed by atoms with Crippen molar-refractivity contribution in [2.45, 2.75) is 45.8 Å². The summed E-state index contributed by atoms with van der Waals surface area (Å²) in [4.78, 5) is 0. The Morgan fingerprint density at radius 1 is 1.40 bits per heavy atom. The van der Waals surface area contributed by atoms with Crippen LogP contribution in [0.15, 0.2) is 24.4 Å². The van der Waals surface area contributed by atoms with Crippen LogP contribution in [-0.4, -0.2) is 15.8 Å². The molecule has 0 radical (unpaired) electrons. The molecule has 1 fully saturated rings. The Morgan fingerprint density at radius 3 is 2.80 bits per heavy atom. The molecule has 0 unspecified atom stereocenters. The molecule has 4 heteroatoms. The Bertz CT molecular complexity index is 614. The summed E-state index contributed by atoms with van der Waals surface area (Å²) in [5, 5.41) is 8.82. The van der Waals surface area contributed by atoms with Crippen molar-refractivity contribution in [3.8, 4) is 11.1 Å². The zero-order valence-corrected chi connectivity index (χ0v) is 12.7. The van der Waals surface area contributed by atoms with E-state index in [2.05, 4.69) is 41.7 Å². The summed E-state index contributed by atoms with van der Waals surface area (Å²) in [6.45, 7) is 5.88. The van der Waals surface area contributed by atoms with E-state index in [1.807, 2.05) is 11.6 Å². The minimum atomic E-state index is 0.704. The minimum absolute atomic E-state index is 0.704. The first-order chi connectivity index (χ1) is 9.67. The van der Waals surface area contributed by atoms with Gasteiger partial charge in [-0.2, -0.15) is 5.10 Å². The lowest BCUT2D eigenvalue weighted by Gasteiger charge is -2.08. The molecular weight excluding hydrogens is 270 g/mol. The van der Waals surface area contributed by atoms with E-state index >= 15 is 0 Å². The summed E-state index contributed by atoms with van der Waals surface area (Å²) < 4.78 is 1.96. The average Bonchev–Trinajstić information content (AvgIpc) is 3.19. The van der Waals surface area contributed by atoms with E-state index in [0.29, 0.717) is 6.04 Å². The minimum Gasteiger partial charge on any atom is -0.310 e. The number of aryl methyl sites for hydroxylation is 2. The molecule has 1 saturated carbocycles. The van der Waals surface area contributed by atoms with E-state index in [4.69, 9.17) is 11.6 Å². The number of rotatable bonds is 5. The lowest BCUT2D eigenvalue weighted by atomic mass is 10.0. The molecule has 1 aliphatic rings. The van der Waals surface area contributed by atoms with Crippen molar-refractivity contribution in [2.75, 3.05) is 0 Å². The molecule has 1 aliphatic carbocycles. The van der Waals surface area contributed by atoms with Gasteiger partial charge in [-0.25, -0.2) is 0 Å². The van der Waals surface area contributed by atoms with Crippen molar-refractivity contribution in [1.29, 1.82) is 0 Å². The molecular formula is C16H20ClN3. The molecule has 3 rings (SSSR count). The van der Waals surface area contributed by atoms with Gasteiger partial charge in [-0.3, -0.25) is 4.68 Å². The zero-order valence-electron chi connectivity index (χ0n) is 12.0. The van der Waals surface area contributed by atoms with Crippen LogP contribution < -0.4 is 5.32 Å². The first-order valence-electron chi connectivity index (χ1n) is 7.23. The van der Waals surface area contributed by atoms with Gasteiger partial charge in [0.05, 0.1) is 5.69 Å². The number of nitrogens with one attached hydrogen (secondary N) is 1. The molecule has 0 amide bonds. The summed E-state index contributed by atoms with van der Waals surface area (Å²) in [7, 11) is 0. The lowest BCUT2D eigenvalue weighted by Crippen LogP contribution is -2.15. The molecule has 1 aromatic carbocycles. The standard InChI is InChI=1S/C16H20ClN3/c1-3-20-10-15(11(2)19-20)12-4-5-13(16(17)8-12)9-18-14-6-7-14/h4-5,8,10,14,18H,3,6-7,9H2,1-2H3. The molecule has 0 spiro atoms. The fourth-order valence-electron chi connectivity index (χ4n) is 2.36. The SMILES string of the molecule is CCn1cc(-c2ccc(CNC3CC3)c(Cl)c2)c(C)n1. The summed E-state index contributed by atoms with van der Waals surface area (Å²) in [5.74, 6) is 0. The molecule has 0 aliphatic heterocycles. The van der Waals surface area contributed by atoms with Gasteiger partial charge in [-0.05, 0) is 43.9 Å². The van der Waals surface area contributed by atoms with E-state index in [9.17, 15) is 0 Å². The van der Waals surface area contributed by atoms with Crippen LogP contribution in [0.3, 0.4) is 0 Å². The second-order valence-corrected chi connectivity index (χ2v) is 5.85. The first kappa shape index (κ1) is 13.7. The van der Waals surface area contributed by atoms with Crippen molar-refractivity contribution in [3.05, 3.63) is 40.7 Å². The third-order valence-corrected chi connectivity index (χ3v) is 4.14. The monoisotopic (exact) mass is 289 g/mol. The van der Waals surface area contributed by atoms with Gasteiger partial charge in [-0.1, -0.05) is 23.7 Å². The van der Waals surface area contributed by atoms with Crippen LogP contribution in [0.1, 0.15) is 31.0 Å². The molecule has 0 bridgehead atoms. The normalized spacial score (nSPS) is 14.8. The van der Waals surface area contributed by atoms with Crippen LogP contribution in [0.2, 0.25) is 5.02 Å². The van der Waals surface area contributed by atoms with Crippen LogP contribution >= 0.6 is 11.6 Å². The second kappa shape index (κ2) is 5.58. The predicted molar refractivity (Wildman–Crippen MR) is 82.9 cm³/mol. The highest BCUT2D eigenvalue weighted by atomic mass is 35.5. The molecule has 20 heavy (non-hydrogen) atoms. The smallest absolute Gasteiger partial charge is 0.0672 e. The number of hydrogen-bond acceptors (Lipinski definition) is 2. The van der Waals surface area contributed by atoms with Crippen LogP contribution in [0, 0.1) is 6.92 Å². The highest BCUT2D eigenvalue weighted by Crippen LogP contribution is 2.28. The van der Waals surface area contributed by atoms with Gasteiger partial charge in [0.15, 0.2) is 0 Å². The number of aromatic nitrogens is 2. The molecule has 0 atom stereocenters. The van der Waals surface area contributed by atoms with Gasteiger partial charge in [0.2, 0.25) is 0 Å². The molecule has 1 aromatic heterocycles. The summed E-state index contributed by atoms with van der Waals surface area (Å²) >= 11 is 6.41. The maximum atomic E-state index is 6.41. The van der Waals surface area contributed by atoms with Crippen LogP contribution in [0.25, 0.3) is 11.1 Å². The van der Waals surface area contributed by atoms with Gasteiger partial charge in [-0.15, -0.1) is 0 Å². The number of halogens is 1. The summed E-state index contributed by atoms with van der Waals surface area (Å²) in [6.07, 6.45) is 4.68. The molecule has 1 N–H and O–H groups in total. The predicted octanol–water partition coefficient (Wildman–Crippen LogP) is 3.78. The van der Waals surface area contributed by atoms with Crippen LogP contribution in [0.5, 0.6) is 0 Å². The quantitative estimate of drug-likeness (QED) is 0.908. The van der Waals surface area contributed by atoms with Crippen LogP contribution in [-0.2, 0) is 13.1 Å². The Hall–Kier alpha value is -1.32. The van der Waals surface area contributed by atoms with Crippen molar-refractivity contribution in [2.24, 2.45) is 0 Å². The fraction of sp³-hybridized carbons (Fsp3) is 0.438. The van der Waals surface area contributed by atoms with E-state index in [-0.39, 0.29) is 0 Å². The molecule has 0 saturated heterocycles. The van der Waals surface area contributed by atoms with Crippen LogP contribution in [0.4, 0.5) is 0 Å². The highest BCUT2D eigenvalue weighted by molar-refractivity contribution is 6.31. The van der Waals surface area contributed by atoms with Crippen molar-refractivity contribution in [1.82, 2.24) is 15.1 Å². The number of benzene rings is 1. The van der Waals surface area contributed by atoms with Gasteiger partial charge in [0, 0.05) is 35.9 Å². The molecule has 1 heterocycles. The van der Waals surface area contributed by atoms with Gasteiger partial charge >= 0.3 is 0 Å². The van der Waals surface area contributed by atoms with E-state index < -0.39 is 0 Å². The summed E-state index contributed by atoms with van der Waals surface area (Å²) in [5.41, 5.74) is 4.52. The lowest BCUT2D eigenvalue weighted by molar-refractivity contribution is 0.653. The zero-order chi connectivity index (χ0) is 14.1. The maximum Gasteiger partial charge on any atom is 0.0672 e. The van der Waals surface area contributed by atoms with E-state index in [0.717, 1.165) is 34.9 Å². The number of hydrogen-bond donors (Lipinski definition) is 1. The Kier molecular flexibility index (Phi) is 3.81. The van der Waals surface area contributed by atoms with Gasteiger partial charge in [0.25, 0.3) is 0 Å². The Morgan fingerprint density at radius 2 is 2.20 bits per heavy atom. The first-order valence-corrected chi connectivity index (χ1v) is 7.61. The highest BCUT2D eigenvalue weighted by Gasteiger charge is 2.20. The fourth-order valence-corrected chi connectivity index (χ4v) is 2.61.